The Kier molecular flexibility index (Phi) is 6.15. The fraction of sp³-hybridized carbons (Fsp3) is 0.385. The number of carbonyl (C=O) groups excluding carboxylic acids is 4. The summed E-state index contributed by atoms with van der Waals surface area (Å²) in [5.74, 6) is -3.18. The normalized spacial score (nSPS) is 21.7. The summed E-state index contributed by atoms with van der Waals surface area (Å²) in [6.07, 6.45) is 0. The molecule has 0 aromatic heterocycles. The minimum Gasteiger partial charge on any atom is -0.507 e. The van der Waals surface area contributed by atoms with E-state index in [0.717, 1.165) is 0 Å². The molecule has 0 spiro atoms. The van der Waals surface area contributed by atoms with E-state index < -0.39 is 46.2 Å². The first kappa shape index (κ1) is 26.0. The van der Waals surface area contributed by atoms with Gasteiger partial charge in [-0.3, -0.25) is 9.59 Å². The highest BCUT2D eigenvalue weighted by Crippen LogP contribution is 2.48. The topological polar surface area (TPSA) is 155 Å². The van der Waals surface area contributed by atoms with Crippen LogP contribution in [0.4, 0.5) is 0 Å². The van der Waals surface area contributed by atoms with Crippen LogP contribution in [0.3, 0.4) is 0 Å². The average Bonchev–Trinajstić information content (AvgIpc) is 3.27. The zero-order chi connectivity index (χ0) is 27.4. The fourth-order valence-electron chi connectivity index (χ4n) is 4.81. The summed E-state index contributed by atoms with van der Waals surface area (Å²) in [6, 6.07) is 2.45. The number of phenols is 2. The number of hydrogen-bond donors (Lipinski definition) is 2. The lowest BCUT2D eigenvalue weighted by atomic mass is 9.85. The molecule has 37 heavy (non-hydrogen) atoms. The molecule has 0 unspecified atom stereocenters. The minimum absolute atomic E-state index is 0.122. The van der Waals surface area contributed by atoms with Crippen LogP contribution in [0.25, 0.3) is 0 Å². The number of benzene rings is 2. The van der Waals surface area contributed by atoms with Crippen molar-refractivity contribution in [3.8, 4) is 23.0 Å². The first-order valence-corrected chi connectivity index (χ1v) is 11.2. The summed E-state index contributed by atoms with van der Waals surface area (Å²) < 4.78 is 27.4. The highest BCUT2D eigenvalue weighted by Gasteiger charge is 2.51. The van der Waals surface area contributed by atoms with E-state index in [4.69, 9.17) is 23.7 Å². The molecule has 2 aliphatic rings. The number of ketones is 2. The third-order valence-electron chi connectivity index (χ3n) is 6.98. The quantitative estimate of drug-likeness (QED) is 0.500. The number of esters is 2. The second-order valence-corrected chi connectivity index (χ2v) is 9.10. The second kappa shape index (κ2) is 8.77. The molecule has 2 N–H and O–H groups in total. The van der Waals surface area contributed by atoms with Crippen LogP contribution in [0.5, 0.6) is 23.0 Å². The third kappa shape index (κ3) is 3.69. The van der Waals surface area contributed by atoms with Gasteiger partial charge in [0.15, 0.2) is 22.8 Å². The number of cyclic esters (lactones) is 2. The van der Waals surface area contributed by atoms with E-state index in [9.17, 15) is 29.4 Å². The summed E-state index contributed by atoms with van der Waals surface area (Å²) in [6.45, 7) is 4.89. The van der Waals surface area contributed by atoms with Crippen LogP contribution in [-0.4, -0.2) is 47.9 Å². The van der Waals surface area contributed by atoms with Crippen molar-refractivity contribution in [3.63, 3.8) is 0 Å². The Hall–Kier alpha value is -4.12. The van der Waals surface area contributed by atoms with Gasteiger partial charge < -0.3 is 33.9 Å². The summed E-state index contributed by atoms with van der Waals surface area (Å²) in [4.78, 5) is 50.0. The lowest BCUT2D eigenvalue weighted by molar-refractivity contribution is -0.134. The van der Waals surface area contributed by atoms with E-state index in [-0.39, 0.29) is 58.1 Å². The van der Waals surface area contributed by atoms with E-state index in [1.165, 1.54) is 54.0 Å². The maximum Gasteiger partial charge on any atom is 0.343 e. The van der Waals surface area contributed by atoms with Crippen molar-refractivity contribution in [2.75, 3.05) is 14.2 Å². The van der Waals surface area contributed by atoms with Crippen molar-refractivity contribution < 1.29 is 53.1 Å². The third-order valence-corrected chi connectivity index (χ3v) is 6.98. The first-order valence-electron chi connectivity index (χ1n) is 11.2. The number of phenolic OH excluding ortho intramolecular Hbond substituents is 2. The molecule has 2 heterocycles. The molecule has 0 saturated heterocycles. The van der Waals surface area contributed by atoms with Gasteiger partial charge in [-0.15, -0.1) is 0 Å². The Labute approximate surface area is 211 Å². The molecular weight excluding hydrogens is 488 g/mol. The second-order valence-electron chi connectivity index (χ2n) is 9.10. The number of rotatable bonds is 8. The fourth-order valence-corrected chi connectivity index (χ4v) is 4.81. The van der Waals surface area contributed by atoms with Crippen molar-refractivity contribution in [3.05, 3.63) is 45.5 Å². The smallest absolute Gasteiger partial charge is 0.343 e. The number of carbonyl (C=O) groups is 4. The summed E-state index contributed by atoms with van der Waals surface area (Å²) >= 11 is 0. The van der Waals surface area contributed by atoms with Gasteiger partial charge in [0.2, 0.25) is 0 Å². The molecule has 0 aliphatic carbocycles. The molecule has 0 bridgehead atoms. The molecular formula is C26H26O11. The SMILES string of the molecule is COc1cc(O)c2c(c1COCc1c(OC)cc(O)c3c1[C@](C)(C(C)=O)OC3=O)[C@](C)(C(C)=O)OC2=O. The van der Waals surface area contributed by atoms with Gasteiger partial charge in [-0.2, -0.15) is 0 Å². The van der Waals surface area contributed by atoms with Crippen LogP contribution in [0, 0.1) is 0 Å². The molecule has 4 rings (SSSR count). The zero-order valence-electron chi connectivity index (χ0n) is 21.1. The molecule has 0 amide bonds. The van der Waals surface area contributed by atoms with Gasteiger partial charge in [-0.05, 0) is 27.7 Å². The van der Waals surface area contributed by atoms with E-state index >= 15 is 0 Å². The Balaban J connectivity index is 1.80. The molecule has 0 saturated carbocycles. The molecule has 196 valence electrons. The monoisotopic (exact) mass is 514 g/mol. The highest BCUT2D eigenvalue weighted by atomic mass is 16.6. The van der Waals surface area contributed by atoms with Gasteiger partial charge in [-0.25, -0.2) is 9.59 Å². The predicted molar refractivity (Wildman–Crippen MR) is 125 cm³/mol. The Morgan fingerprint density at radius 1 is 0.784 bits per heavy atom. The van der Waals surface area contributed by atoms with Crippen LogP contribution in [-0.2, 0) is 48.2 Å². The minimum atomic E-state index is -1.68. The molecule has 0 fully saturated rings. The standard InChI is InChI=1S/C26H26O11/c1-11(27)25(3)21-13(17(33-5)7-15(29)19(21)23(31)36-25)9-35-10-14-18(34-6)8-16(30)20-22(14)26(4,12(2)28)37-24(20)32/h7-8,29-30H,9-10H2,1-6H3/t25-,26-/m0/s1. The van der Waals surface area contributed by atoms with Crippen LogP contribution < -0.4 is 9.47 Å². The van der Waals surface area contributed by atoms with Crippen LogP contribution in [0.1, 0.15) is 70.7 Å². The van der Waals surface area contributed by atoms with Crippen LogP contribution in [0.15, 0.2) is 12.1 Å². The number of Topliss-reactive ketones (excluding diaryl/α,β-unsaturated/α-hetero) is 2. The molecule has 11 nitrogen and oxygen atoms in total. The predicted octanol–water partition coefficient (Wildman–Crippen LogP) is 2.78. The lowest BCUT2D eigenvalue weighted by Gasteiger charge is -2.25. The summed E-state index contributed by atoms with van der Waals surface area (Å²) in [5.41, 5.74) is -2.87. The van der Waals surface area contributed by atoms with E-state index in [0.29, 0.717) is 0 Å². The van der Waals surface area contributed by atoms with Gasteiger partial charge in [0.05, 0.1) is 27.4 Å². The zero-order valence-corrected chi connectivity index (χ0v) is 21.1. The number of hydrogen-bond acceptors (Lipinski definition) is 11. The summed E-state index contributed by atoms with van der Waals surface area (Å²) in [5, 5.41) is 20.9. The number of ether oxygens (including phenoxy) is 5. The van der Waals surface area contributed by atoms with Crippen LogP contribution >= 0.6 is 0 Å². The highest BCUT2D eigenvalue weighted by molar-refractivity contribution is 6.05. The van der Waals surface area contributed by atoms with Crippen LogP contribution in [0.2, 0.25) is 0 Å². The van der Waals surface area contributed by atoms with Gasteiger partial charge >= 0.3 is 11.9 Å². The van der Waals surface area contributed by atoms with Crippen molar-refractivity contribution in [2.45, 2.75) is 52.1 Å². The molecule has 2 aromatic carbocycles. The molecule has 2 aromatic rings. The van der Waals surface area contributed by atoms with E-state index in [2.05, 4.69) is 0 Å². The van der Waals surface area contributed by atoms with Gasteiger partial charge in [0, 0.05) is 34.4 Å². The molecule has 2 atom stereocenters. The Morgan fingerprint density at radius 3 is 1.43 bits per heavy atom. The number of methoxy groups -OCH3 is 2. The van der Waals surface area contributed by atoms with E-state index in [1.807, 2.05) is 0 Å². The number of aromatic hydroxyl groups is 2. The largest absolute Gasteiger partial charge is 0.507 e. The Bertz CT molecular complexity index is 1270. The lowest BCUT2D eigenvalue weighted by Crippen LogP contribution is -2.32. The van der Waals surface area contributed by atoms with Gasteiger partial charge in [-0.1, -0.05) is 0 Å². The van der Waals surface area contributed by atoms with Crippen molar-refractivity contribution in [1.82, 2.24) is 0 Å². The maximum absolute atomic E-state index is 12.5. The van der Waals surface area contributed by atoms with Crippen molar-refractivity contribution in [1.29, 1.82) is 0 Å². The van der Waals surface area contributed by atoms with Gasteiger partial charge in [0.1, 0.15) is 34.1 Å². The first-order chi connectivity index (χ1) is 17.3. The average molecular weight is 514 g/mol. The van der Waals surface area contributed by atoms with Gasteiger partial charge in [0.25, 0.3) is 0 Å². The van der Waals surface area contributed by atoms with Crippen molar-refractivity contribution >= 4 is 23.5 Å². The van der Waals surface area contributed by atoms with E-state index in [1.54, 1.807) is 0 Å². The molecule has 0 radical (unpaired) electrons. The Morgan fingerprint density at radius 2 is 1.14 bits per heavy atom. The summed E-state index contributed by atoms with van der Waals surface area (Å²) in [7, 11) is 2.70. The van der Waals surface area contributed by atoms with Crippen molar-refractivity contribution in [2.24, 2.45) is 0 Å². The molecule has 11 heteroatoms. The number of fused-ring (bicyclic) bond motifs is 2. The molecule has 2 aliphatic heterocycles. The maximum atomic E-state index is 12.5.